The molecular formula is C27H31N5O3. The number of pyridine rings is 1. The first-order valence-corrected chi connectivity index (χ1v) is 12.1. The molecule has 5 rings (SSSR count). The Morgan fingerprint density at radius 2 is 1.94 bits per heavy atom. The van der Waals surface area contributed by atoms with Gasteiger partial charge in [-0.3, -0.25) is 19.4 Å². The predicted octanol–water partition coefficient (Wildman–Crippen LogP) is 2.88. The summed E-state index contributed by atoms with van der Waals surface area (Å²) in [6.45, 7) is 5.30. The third kappa shape index (κ3) is 5.28. The van der Waals surface area contributed by atoms with Crippen molar-refractivity contribution in [2.24, 2.45) is 0 Å². The third-order valence-corrected chi connectivity index (χ3v) is 6.55. The van der Waals surface area contributed by atoms with Gasteiger partial charge in [0.05, 0.1) is 32.6 Å². The highest BCUT2D eigenvalue weighted by atomic mass is 16.5. The Balaban J connectivity index is 1.37. The zero-order valence-corrected chi connectivity index (χ0v) is 20.1. The first kappa shape index (κ1) is 23.3. The van der Waals surface area contributed by atoms with Crippen molar-refractivity contribution in [3.63, 3.8) is 0 Å². The fourth-order valence-corrected chi connectivity index (χ4v) is 4.70. The number of hydrogen-bond acceptors (Lipinski definition) is 6. The van der Waals surface area contributed by atoms with Gasteiger partial charge in [0.25, 0.3) is 5.91 Å². The number of carbonyl (C=O) groups excluding carboxylic acids is 1. The molecule has 1 saturated heterocycles. The highest BCUT2D eigenvalue weighted by Crippen LogP contribution is 2.25. The zero-order valence-electron chi connectivity index (χ0n) is 20.1. The van der Waals surface area contributed by atoms with E-state index in [-0.39, 0.29) is 5.91 Å². The minimum Gasteiger partial charge on any atom is -0.496 e. The zero-order chi connectivity index (χ0) is 24.0. The van der Waals surface area contributed by atoms with Crippen LogP contribution in [0.15, 0.2) is 54.7 Å². The maximum atomic E-state index is 13.4. The molecule has 0 unspecified atom stereocenters. The maximum absolute atomic E-state index is 13.4. The number of methoxy groups -OCH3 is 1. The lowest BCUT2D eigenvalue weighted by Crippen LogP contribution is -2.41. The summed E-state index contributed by atoms with van der Waals surface area (Å²) in [6.07, 6.45) is 6.89. The summed E-state index contributed by atoms with van der Waals surface area (Å²) >= 11 is 0. The highest BCUT2D eigenvalue weighted by Gasteiger charge is 2.30. The van der Waals surface area contributed by atoms with Crippen molar-refractivity contribution in [2.45, 2.75) is 19.5 Å². The fourth-order valence-electron chi connectivity index (χ4n) is 4.70. The summed E-state index contributed by atoms with van der Waals surface area (Å²) in [6, 6.07) is 13.9. The number of aromatic nitrogens is 3. The lowest BCUT2D eigenvalue weighted by Gasteiger charge is -2.28. The largest absolute Gasteiger partial charge is 0.496 e. The Hall–Kier alpha value is -3.49. The molecule has 0 spiro atoms. The van der Waals surface area contributed by atoms with Gasteiger partial charge in [0.2, 0.25) is 0 Å². The quantitative estimate of drug-likeness (QED) is 0.526. The summed E-state index contributed by atoms with van der Waals surface area (Å²) in [4.78, 5) is 22.1. The number of benzene rings is 1. The van der Waals surface area contributed by atoms with E-state index in [1.165, 1.54) is 0 Å². The summed E-state index contributed by atoms with van der Waals surface area (Å²) in [7, 11) is 1.69. The molecule has 35 heavy (non-hydrogen) atoms. The van der Waals surface area contributed by atoms with Crippen LogP contribution in [-0.2, 0) is 24.2 Å². The van der Waals surface area contributed by atoms with Crippen LogP contribution in [0.5, 0.6) is 5.75 Å². The second-order valence-electron chi connectivity index (χ2n) is 8.79. The van der Waals surface area contributed by atoms with Gasteiger partial charge in [0, 0.05) is 62.2 Å². The molecule has 0 atom stereocenters. The second kappa shape index (κ2) is 10.8. The van der Waals surface area contributed by atoms with Gasteiger partial charge in [0.1, 0.15) is 5.75 Å². The van der Waals surface area contributed by atoms with Gasteiger partial charge in [-0.1, -0.05) is 36.4 Å². The highest BCUT2D eigenvalue weighted by molar-refractivity contribution is 5.94. The molecule has 4 heterocycles. The first-order chi connectivity index (χ1) is 17.2. The van der Waals surface area contributed by atoms with Crippen molar-refractivity contribution in [1.29, 1.82) is 0 Å². The van der Waals surface area contributed by atoms with Crippen molar-refractivity contribution in [2.75, 3.05) is 46.5 Å². The van der Waals surface area contributed by atoms with E-state index in [1.54, 1.807) is 13.3 Å². The molecule has 2 aliphatic rings. The molecule has 1 amide bonds. The van der Waals surface area contributed by atoms with Gasteiger partial charge in [-0.05, 0) is 18.2 Å². The number of morpholine rings is 1. The van der Waals surface area contributed by atoms with Crippen molar-refractivity contribution >= 4 is 12.0 Å². The van der Waals surface area contributed by atoms with E-state index in [0.717, 1.165) is 47.8 Å². The number of fused-ring (bicyclic) bond motifs is 1. The molecule has 3 aromatic rings. The molecule has 2 aliphatic heterocycles. The molecule has 1 fully saturated rings. The normalized spacial score (nSPS) is 16.4. The number of amides is 1. The smallest absolute Gasteiger partial charge is 0.274 e. The molecular weight excluding hydrogens is 442 g/mol. The average Bonchev–Trinajstić information content (AvgIpc) is 3.27. The molecule has 0 bridgehead atoms. The average molecular weight is 474 g/mol. The maximum Gasteiger partial charge on any atom is 0.274 e. The van der Waals surface area contributed by atoms with Crippen molar-refractivity contribution in [3.05, 3.63) is 82.9 Å². The van der Waals surface area contributed by atoms with Crippen LogP contribution in [0.4, 0.5) is 0 Å². The lowest BCUT2D eigenvalue weighted by molar-refractivity contribution is 0.0297. The van der Waals surface area contributed by atoms with E-state index in [1.807, 2.05) is 52.0 Å². The second-order valence-corrected chi connectivity index (χ2v) is 8.79. The predicted molar refractivity (Wildman–Crippen MR) is 133 cm³/mol. The molecule has 0 aliphatic carbocycles. The number of nitrogens with zero attached hydrogens (tertiary/aromatic N) is 5. The van der Waals surface area contributed by atoms with Crippen LogP contribution in [0, 0.1) is 0 Å². The Labute approximate surface area is 205 Å². The van der Waals surface area contributed by atoms with Crippen molar-refractivity contribution < 1.29 is 14.3 Å². The summed E-state index contributed by atoms with van der Waals surface area (Å²) < 4.78 is 12.9. The molecule has 0 saturated carbocycles. The molecule has 8 heteroatoms. The molecule has 2 aromatic heterocycles. The minimum atomic E-state index is -0.00395. The Morgan fingerprint density at radius 3 is 2.74 bits per heavy atom. The van der Waals surface area contributed by atoms with Gasteiger partial charge in [0.15, 0.2) is 5.69 Å². The lowest BCUT2D eigenvalue weighted by atomic mass is 10.0. The molecule has 182 valence electrons. The van der Waals surface area contributed by atoms with Crippen LogP contribution in [-0.4, -0.2) is 77.0 Å². The van der Waals surface area contributed by atoms with Gasteiger partial charge in [-0.2, -0.15) is 5.10 Å². The number of carbonyl (C=O) groups is 1. The SMILES string of the molecule is COc1ccccc1/C=C/CN1CCc2c(c(C(=O)N3CCOCC3)nn2Cc2ccccn2)C1. The number of ether oxygens (including phenoxy) is 2. The Bertz CT molecular complexity index is 1180. The van der Waals surface area contributed by atoms with E-state index in [4.69, 9.17) is 14.6 Å². The van der Waals surface area contributed by atoms with E-state index >= 15 is 0 Å². The standard InChI is InChI=1S/C27H31N5O3/c1-34-25-10-3-2-7-21(25)8-6-13-30-14-11-24-23(20-30)26(27(33)31-15-17-35-18-16-31)29-32(24)19-22-9-4-5-12-28-22/h2-10,12H,11,13-20H2,1H3/b8-6+. The van der Waals surface area contributed by atoms with E-state index in [0.29, 0.717) is 45.1 Å². The fraction of sp³-hybridized carbons (Fsp3) is 0.370. The van der Waals surface area contributed by atoms with E-state index in [9.17, 15) is 4.79 Å². The van der Waals surface area contributed by atoms with Crippen LogP contribution in [0.25, 0.3) is 6.08 Å². The van der Waals surface area contributed by atoms with Gasteiger partial charge in [-0.15, -0.1) is 0 Å². The number of rotatable bonds is 7. The van der Waals surface area contributed by atoms with Crippen LogP contribution in [0.2, 0.25) is 0 Å². The van der Waals surface area contributed by atoms with E-state index < -0.39 is 0 Å². The van der Waals surface area contributed by atoms with Gasteiger partial charge in [-0.25, -0.2) is 0 Å². The van der Waals surface area contributed by atoms with E-state index in [2.05, 4.69) is 22.0 Å². The Morgan fingerprint density at radius 1 is 1.11 bits per heavy atom. The topological polar surface area (TPSA) is 72.7 Å². The monoisotopic (exact) mass is 473 g/mol. The summed E-state index contributed by atoms with van der Waals surface area (Å²) in [5.41, 5.74) is 4.73. The van der Waals surface area contributed by atoms with Crippen molar-refractivity contribution in [1.82, 2.24) is 24.6 Å². The first-order valence-electron chi connectivity index (χ1n) is 12.1. The molecule has 0 radical (unpaired) electrons. The number of hydrogen-bond donors (Lipinski definition) is 0. The Kier molecular flexibility index (Phi) is 7.20. The van der Waals surface area contributed by atoms with Gasteiger partial charge >= 0.3 is 0 Å². The van der Waals surface area contributed by atoms with Crippen molar-refractivity contribution in [3.8, 4) is 5.75 Å². The molecule has 8 nitrogen and oxygen atoms in total. The third-order valence-electron chi connectivity index (χ3n) is 6.55. The van der Waals surface area contributed by atoms with Crippen LogP contribution in [0.1, 0.15) is 33.0 Å². The molecule has 0 N–H and O–H groups in total. The number of para-hydroxylation sites is 1. The molecule has 1 aromatic carbocycles. The summed E-state index contributed by atoms with van der Waals surface area (Å²) in [5.74, 6) is 0.856. The van der Waals surface area contributed by atoms with Crippen LogP contribution >= 0.6 is 0 Å². The van der Waals surface area contributed by atoms with Crippen LogP contribution in [0.3, 0.4) is 0 Å². The summed E-state index contributed by atoms with van der Waals surface area (Å²) in [5, 5.41) is 4.83. The van der Waals surface area contributed by atoms with Gasteiger partial charge < -0.3 is 14.4 Å². The minimum absolute atomic E-state index is 0.00395. The van der Waals surface area contributed by atoms with Crippen LogP contribution < -0.4 is 4.74 Å².